The van der Waals surface area contributed by atoms with Crippen LogP contribution in [0, 0.1) is 0 Å². The zero-order valence-corrected chi connectivity index (χ0v) is 20.8. The second-order valence-electron chi connectivity index (χ2n) is 9.30. The molecule has 0 spiro atoms. The molecule has 2 aromatic carbocycles. The molecule has 0 saturated carbocycles. The second-order valence-corrected chi connectivity index (χ2v) is 9.66. The highest BCUT2D eigenvalue weighted by Crippen LogP contribution is 2.27. The second kappa shape index (κ2) is 9.94. The third-order valence-electron chi connectivity index (χ3n) is 5.47. The van der Waals surface area contributed by atoms with Gasteiger partial charge in [-0.05, 0) is 49.9 Å². The van der Waals surface area contributed by atoms with E-state index in [4.69, 9.17) is 21.3 Å². The summed E-state index contributed by atoms with van der Waals surface area (Å²) in [6, 6.07) is 15.7. The van der Waals surface area contributed by atoms with Gasteiger partial charge in [0.05, 0.1) is 12.1 Å². The fourth-order valence-electron chi connectivity index (χ4n) is 3.86. The maximum atomic E-state index is 12.8. The third kappa shape index (κ3) is 5.28. The Labute approximate surface area is 205 Å². The van der Waals surface area contributed by atoms with E-state index in [9.17, 15) is 4.79 Å². The molecular weight excluding hydrogens is 448 g/mol. The molecule has 4 aromatic rings. The Hall–Kier alpha value is -3.25. The number of nitrogens with zero attached hydrogens (tertiary/aromatic N) is 4. The van der Waals surface area contributed by atoms with Gasteiger partial charge in [-0.15, -0.1) is 0 Å². The number of esters is 1. The molecule has 7 heteroatoms. The summed E-state index contributed by atoms with van der Waals surface area (Å²) in [7, 11) is 0. The van der Waals surface area contributed by atoms with Gasteiger partial charge in [0, 0.05) is 6.42 Å². The van der Waals surface area contributed by atoms with Crippen molar-refractivity contribution in [3.8, 4) is 11.1 Å². The molecule has 0 fully saturated rings. The van der Waals surface area contributed by atoms with Gasteiger partial charge in [-0.1, -0.05) is 67.4 Å². The number of ether oxygens (including phenoxy) is 1. The molecule has 0 bridgehead atoms. The van der Waals surface area contributed by atoms with Crippen LogP contribution in [0.5, 0.6) is 0 Å². The van der Waals surface area contributed by atoms with Gasteiger partial charge in [-0.2, -0.15) is 0 Å². The van der Waals surface area contributed by atoms with Crippen LogP contribution in [0.15, 0.2) is 54.9 Å². The lowest BCUT2D eigenvalue weighted by Gasteiger charge is -2.20. The molecule has 0 N–H and O–H groups in total. The van der Waals surface area contributed by atoms with Crippen molar-refractivity contribution in [1.82, 2.24) is 19.5 Å². The van der Waals surface area contributed by atoms with Gasteiger partial charge in [0.15, 0.2) is 10.8 Å². The summed E-state index contributed by atoms with van der Waals surface area (Å²) in [5.41, 5.74) is 4.29. The van der Waals surface area contributed by atoms with Crippen molar-refractivity contribution in [2.24, 2.45) is 0 Å². The monoisotopic (exact) mass is 476 g/mol. The largest absolute Gasteiger partial charge is 0.456 e. The Morgan fingerprint density at radius 3 is 2.50 bits per heavy atom. The molecule has 176 valence electrons. The summed E-state index contributed by atoms with van der Waals surface area (Å²) >= 11 is 6.28. The van der Waals surface area contributed by atoms with Gasteiger partial charge in [0.2, 0.25) is 0 Å². The number of unbranched alkanes of at least 4 members (excludes halogenated alkanes) is 1. The topological polar surface area (TPSA) is 69.9 Å². The van der Waals surface area contributed by atoms with E-state index < -0.39 is 5.60 Å². The van der Waals surface area contributed by atoms with Crippen molar-refractivity contribution in [1.29, 1.82) is 0 Å². The van der Waals surface area contributed by atoms with E-state index in [0.717, 1.165) is 47.4 Å². The summed E-state index contributed by atoms with van der Waals surface area (Å²) < 4.78 is 7.72. The maximum Gasteiger partial charge on any atom is 0.339 e. The third-order valence-corrected chi connectivity index (χ3v) is 5.75. The SMILES string of the molecule is CCCCc1nc2c(Cl)ncnc2n1Cc1ccc(-c2ccccc2C(=O)OC(C)(C)C)cc1. The van der Waals surface area contributed by atoms with Crippen molar-refractivity contribution in [3.63, 3.8) is 0 Å². The molecule has 0 saturated heterocycles. The molecule has 0 aliphatic rings. The number of benzene rings is 2. The van der Waals surface area contributed by atoms with Gasteiger partial charge in [0.25, 0.3) is 0 Å². The van der Waals surface area contributed by atoms with Crippen LogP contribution in [0.2, 0.25) is 5.15 Å². The number of halogens is 1. The normalized spacial score (nSPS) is 11.7. The summed E-state index contributed by atoms with van der Waals surface area (Å²) in [4.78, 5) is 26.0. The summed E-state index contributed by atoms with van der Waals surface area (Å²) in [5, 5.41) is 0.371. The number of carbonyl (C=O) groups excluding carboxylic acids is 1. The maximum absolute atomic E-state index is 12.8. The van der Waals surface area contributed by atoms with E-state index in [-0.39, 0.29) is 5.97 Å². The molecular formula is C27H29ClN4O2. The van der Waals surface area contributed by atoms with Crippen LogP contribution in [-0.4, -0.2) is 31.1 Å². The number of rotatable bonds is 7. The van der Waals surface area contributed by atoms with Crippen molar-refractivity contribution in [2.75, 3.05) is 0 Å². The van der Waals surface area contributed by atoms with Gasteiger partial charge in [0.1, 0.15) is 23.3 Å². The molecule has 6 nitrogen and oxygen atoms in total. The summed E-state index contributed by atoms with van der Waals surface area (Å²) in [5.74, 6) is 0.632. The molecule has 2 heterocycles. The Kier molecular flexibility index (Phi) is 6.98. The number of aryl methyl sites for hydroxylation is 1. The van der Waals surface area contributed by atoms with Crippen LogP contribution < -0.4 is 0 Å². The van der Waals surface area contributed by atoms with Crippen LogP contribution in [0.25, 0.3) is 22.3 Å². The van der Waals surface area contributed by atoms with Crippen LogP contribution in [0.1, 0.15) is 62.3 Å². The smallest absolute Gasteiger partial charge is 0.339 e. The van der Waals surface area contributed by atoms with Crippen LogP contribution in [0.3, 0.4) is 0 Å². The first-order valence-electron chi connectivity index (χ1n) is 11.5. The average molecular weight is 477 g/mol. The molecule has 0 aliphatic heterocycles. The van der Waals surface area contributed by atoms with Gasteiger partial charge in [-0.25, -0.2) is 19.7 Å². The lowest BCUT2D eigenvalue weighted by atomic mass is 9.98. The van der Waals surface area contributed by atoms with Crippen molar-refractivity contribution in [2.45, 2.75) is 59.1 Å². The molecule has 4 rings (SSSR count). The van der Waals surface area contributed by atoms with E-state index in [1.54, 1.807) is 6.07 Å². The molecule has 0 atom stereocenters. The average Bonchev–Trinajstić information content (AvgIpc) is 3.15. The Morgan fingerprint density at radius 2 is 1.79 bits per heavy atom. The Bertz CT molecular complexity index is 1310. The van der Waals surface area contributed by atoms with Gasteiger partial charge < -0.3 is 9.30 Å². The lowest BCUT2D eigenvalue weighted by molar-refractivity contribution is 0.00704. The van der Waals surface area contributed by atoms with Crippen molar-refractivity contribution in [3.05, 3.63) is 77.0 Å². The number of imidazole rings is 1. The van der Waals surface area contributed by atoms with E-state index in [2.05, 4.69) is 33.6 Å². The fourth-order valence-corrected chi connectivity index (χ4v) is 4.03. The predicted molar refractivity (Wildman–Crippen MR) is 135 cm³/mol. The zero-order valence-electron chi connectivity index (χ0n) is 20.0. The first-order valence-corrected chi connectivity index (χ1v) is 11.9. The Balaban J connectivity index is 1.64. The van der Waals surface area contributed by atoms with Crippen LogP contribution in [-0.2, 0) is 17.7 Å². The number of fused-ring (bicyclic) bond motifs is 1. The highest BCUT2D eigenvalue weighted by molar-refractivity contribution is 6.33. The molecule has 2 aromatic heterocycles. The zero-order chi connectivity index (χ0) is 24.3. The highest BCUT2D eigenvalue weighted by atomic mass is 35.5. The van der Waals surface area contributed by atoms with Crippen LogP contribution >= 0.6 is 11.6 Å². The molecule has 0 aliphatic carbocycles. The predicted octanol–water partition coefficient (Wildman–Crippen LogP) is 6.49. The Morgan fingerprint density at radius 1 is 1.06 bits per heavy atom. The summed E-state index contributed by atoms with van der Waals surface area (Å²) in [6.07, 6.45) is 4.44. The number of hydrogen-bond acceptors (Lipinski definition) is 5. The van der Waals surface area contributed by atoms with Crippen molar-refractivity contribution < 1.29 is 9.53 Å². The van der Waals surface area contributed by atoms with Gasteiger partial charge in [-0.3, -0.25) is 0 Å². The lowest BCUT2D eigenvalue weighted by Crippen LogP contribution is -2.24. The number of hydrogen-bond donors (Lipinski definition) is 0. The van der Waals surface area contributed by atoms with Crippen molar-refractivity contribution >= 4 is 28.7 Å². The van der Waals surface area contributed by atoms with E-state index in [1.165, 1.54) is 6.33 Å². The standard InChI is InChI=1S/C27H29ClN4O2/c1-5-6-11-22-31-23-24(28)29-17-30-25(23)32(22)16-18-12-14-19(15-13-18)20-9-7-8-10-21(20)26(33)34-27(2,3)4/h7-10,12-15,17H,5-6,11,16H2,1-4H3. The van der Waals surface area contributed by atoms with Crippen LogP contribution in [0.4, 0.5) is 0 Å². The minimum atomic E-state index is -0.552. The molecule has 0 unspecified atom stereocenters. The number of carbonyl (C=O) groups is 1. The number of aromatic nitrogens is 4. The molecule has 0 amide bonds. The van der Waals surface area contributed by atoms with E-state index >= 15 is 0 Å². The first-order chi connectivity index (χ1) is 16.3. The highest BCUT2D eigenvalue weighted by Gasteiger charge is 2.21. The minimum Gasteiger partial charge on any atom is -0.456 e. The minimum absolute atomic E-state index is 0.325. The van der Waals surface area contributed by atoms with E-state index in [0.29, 0.717) is 22.8 Å². The van der Waals surface area contributed by atoms with Gasteiger partial charge >= 0.3 is 5.97 Å². The summed E-state index contributed by atoms with van der Waals surface area (Å²) in [6.45, 7) is 8.39. The first kappa shape index (κ1) is 23.9. The van der Waals surface area contributed by atoms with E-state index in [1.807, 2.05) is 51.1 Å². The molecule has 0 radical (unpaired) electrons. The molecule has 34 heavy (non-hydrogen) atoms. The fraction of sp³-hybridized carbons (Fsp3) is 0.333. The quantitative estimate of drug-likeness (QED) is 0.225.